The molecule has 3 rings (SSSR count). The highest BCUT2D eigenvalue weighted by molar-refractivity contribution is 6.26. The first-order valence-corrected chi connectivity index (χ1v) is 7.10. The standard InChI is InChI=1S/C18H17NO3/c1-18(2)16(20)12-8-4-5-9-13(12)19(17(18)21)14-10-6-7-11-15(14)22-3/h4-11H,1-3H3. The van der Waals surface area contributed by atoms with Gasteiger partial charge in [-0.15, -0.1) is 0 Å². The van der Waals surface area contributed by atoms with E-state index in [-0.39, 0.29) is 11.7 Å². The summed E-state index contributed by atoms with van der Waals surface area (Å²) in [6.45, 7) is 3.33. The average Bonchev–Trinajstić information content (AvgIpc) is 2.54. The van der Waals surface area contributed by atoms with Gasteiger partial charge < -0.3 is 4.74 Å². The molecule has 4 heteroatoms. The summed E-state index contributed by atoms with van der Waals surface area (Å²) in [5.74, 6) is 0.191. The van der Waals surface area contributed by atoms with Gasteiger partial charge in [0, 0.05) is 5.56 Å². The van der Waals surface area contributed by atoms with Crippen LogP contribution >= 0.6 is 0 Å². The Hall–Kier alpha value is -2.62. The molecule has 0 bridgehead atoms. The van der Waals surface area contributed by atoms with Crippen LogP contribution < -0.4 is 9.64 Å². The second-order valence-corrected chi connectivity index (χ2v) is 5.78. The van der Waals surface area contributed by atoms with Crippen molar-refractivity contribution in [3.8, 4) is 5.75 Å². The Morgan fingerprint density at radius 1 is 0.909 bits per heavy atom. The number of hydrogen-bond acceptors (Lipinski definition) is 3. The molecular weight excluding hydrogens is 278 g/mol. The minimum atomic E-state index is -1.10. The van der Waals surface area contributed by atoms with E-state index in [9.17, 15) is 9.59 Å². The molecule has 0 aromatic heterocycles. The molecule has 0 atom stereocenters. The summed E-state index contributed by atoms with van der Waals surface area (Å²) in [5.41, 5.74) is 0.692. The zero-order valence-corrected chi connectivity index (χ0v) is 12.8. The summed E-state index contributed by atoms with van der Waals surface area (Å²) < 4.78 is 5.38. The molecule has 4 nitrogen and oxygen atoms in total. The molecule has 1 amide bonds. The van der Waals surface area contributed by atoms with E-state index in [1.807, 2.05) is 30.3 Å². The van der Waals surface area contributed by atoms with Gasteiger partial charge in [0.1, 0.15) is 11.2 Å². The van der Waals surface area contributed by atoms with Crippen LogP contribution in [0.2, 0.25) is 0 Å². The molecule has 0 N–H and O–H groups in total. The number of ketones is 1. The number of amides is 1. The van der Waals surface area contributed by atoms with Crippen molar-refractivity contribution in [3.63, 3.8) is 0 Å². The van der Waals surface area contributed by atoms with Crippen LogP contribution in [0.3, 0.4) is 0 Å². The molecule has 0 unspecified atom stereocenters. The van der Waals surface area contributed by atoms with Crippen molar-refractivity contribution in [2.75, 3.05) is 12.0 Å². The fourth-order valence-electron chi connectivity index (χ4n) is 2.74. The van der Waals surface area contributed by atoms with Gasteiger partial charge in [0.15, 0.2) is 5.78 Å². The van der Waals surface area contributed by atoms with Crippen molar-refractivity contribution in [2.24, 2.45) is 5.41 Å². The maximum atomic E-state index is 12.9. The Balaban J connectivity index is 2.29. The minimum Gasteiger partial charge on any atom is -0.495 e. The summed E-state index contributed by atoms with van der Waals surface area (Å²) in [5, 5.41) is 0. The van der Waals surface area contributed by atoms with Gasteiger partial charge in [-0.05, 0) is 38.1 Å². The summed E-state index contributed by atoms with van der Waals surface area (Å²) >= 11 is 0. The van der Waals surface area contributed by atoms with Crippen LogP contribution in [-0.2, 0) is 4.79 Å². The summed E-state index contributed by atoms with van der Waals surface area (Å²) in [6.07, 6.45) is 0. The lowest BCUT2D eigenvalue weighted by Gasteiger charge is -2.37. The summed E-state index contributed by atoms with van der Waals surface area (Å²) in [4.78, 5) is 27.1. The van der Waals surface area contributed by atoms with E-state index < -0.39 is 5.41 Å². The van der Waals surface area contributed by atoms with E-state index in [4.69, 9.17) is 4.74 Å². The maximum absolute atomic E-state index is 12.9. The van der Waals surface area contributed by atoms with Crippen LogP contribution in [0.1, 0.15) is 24.2 Å². The Bertz CT molecular complexity index is 764. The number of fused-ring (bicyclic) bond motifs is 1. The van der Waals surface area contributed by atoms with Crippen LogP contribution in [0.4, 0.5) is 11.4 Å². The second-order valence-electron chi connectivity index (χ2n) is 5.78. The number of benzene rings is 2. The third-order valence-electron chi connectivity index (χ3n) is 4.02. The SMILES string of the molecule is COc1ccccc1N1C(=O)C(C)(C)C(=O)c2ccccc21. The lowest BCUT2D eigenvalue weighted by atomic mass is 9.78. The number of anilines is 2. The van der Waals surface area contributed by atoms with E-state index in [1.54, 1.807) is 44.1 Å². The Morgan fingerprint density at radius 2 is 1.50 bits per heavy atom. The molecule has 1 heterocycles. The van der Waals surface area contributed by atoms with E-state index in [1.165, 1.54) is 0 Å². The molecule has 0 fully saturated rings. The van der Waals surface area contributed by atoms with Crippen LogP contribution in [0.25, 0.3) is 0 Å². The van der Waals surface area contributed by atoms with Crippen molar-refractivity contribution in [2.45, 2.75) is 13.8 Å². The molecule has 2 aromatic carbocycles. The zero-order chi connectivity index (χ0) is 15.9. The van der Waals surface area contributed by atoms with Crippen LogP contribution in [-0.4, -0.2) is 18.8 Å². The molecule has 0 spiro atoms. The lowest BCUT2D eigenvalue weighted by Crippen LogP contribution is -2.47. The normalized spacial score (nSPS) is 16.4. The van der Waals surface area contributed by atoms with Gasteiger partial charge in [-0.1, -0.05) is 24.3 Å². The number of carbonyl (C=O) groups excluding carboxylic acids is 2. The van der Waals surface area contributed by atoms with Crippen LogP contribution in [0.5, 0.6) is 5.75 Å². The van der Waals surface area contributed by atoms with Gasteiger partial charge in [-0.2, -0.15) is 0 Å². The first kappa shape index (κ1) is 14.3. The van der Waals surface area contributed by atoms with Crippen LogP contribution in [0.15, 0.2) is 48.5 Å². The Morgan fingerprint density at radius 3 is 2.18 bits per heavy atom. The van der Waals surface area contributed by atoms with E-state index in [0.29, 0.717) is 22.7 Å². The lowest BCUT2D eigenvalue weighted by molar-refractivity contribution is -0.124. The third-order valence-corrected chi connectivity index (χ3v) is 4.02. The molecule has 0 saturated heterocycles. The highest BCUT2D eigenvalue weighted by Gasteiger charge is 2.46. The van der Waals surface area contributed by atoms with Crippen molar-refractivity contribution >= 4 is 23.1 Å². The fraction of sp³-hybridized carbons (Fsp3) is 0.222. The smallest absolute Gasteiger partial charge is 0.245 e. The third kappa shape index (κ3) is 1.91. The number of methoxy groups -OCH3 is 1. The number of rotatable bonds is 2. The van der Waals surface area contributed by atoms with E-state index >= 15 is 0 Å². The van der Waals surface area contributed by atoms with Crippen molar-refractivity contribution in [1.29, 1.82) is 0 Å². The molecule has 2 aromatic rings. The molecule has 112 valence electrons. The number of carbonyl (C=O) groups is 2. The molecule has 0 radical (unpaired) electrons. The van der Waals surface area contributed by atoms with Crippen molar-refractivity contribution in [3.05, 3.63) is 54.1 Å². The Labute approximate surface area is 129 Å². The van der Waals surface area contributed by atoms with Gasteiger partial charge >= 0.3 is 0 Å². The number of Topliss-reactive ketones (excluding diaryl/α,β-unsaturated/α-hetero) is 1. The maximum Gasteiger partial charge on any atom is 0.245 e. The monoisotopic (exact) mass is 295 g/mol. The van der Waals surface area contributed by atoms with E-state index in [0.717, 1.165) is 0 Å². The minimum absolute atomic E-state index is 0.153. The fourth-order valence-corrected chi connectivity index (χ4v) is 2.74. The van der Waals surface area contributed by atoms with E-state index in [2.05, 4.69) is 0 Å². The van der Waals surface area contributed by atoms with Crippen molar-refractivity contribution < 1.29 is 14.3 Å². The highest BCUT2D eigenvalue weighted by atomic mass is 16.5. The largest absolute Gasteiger partial charge is 0.495 e. The number of ether oxygens (including phenoxy) is 1. The summed E-state index contributed by atoms with van der Waals surface area (Å²) in [7, 11) is 1.56. The second kappa shape index (κ2) is 4.98. The summed E-state index contributed by atoms with van der Waals surface area (Å²) in [6, 6.07) is 14.5. The molecule has 22 heavy (non-hydrogen) atoms. The Kier molecular flexibility index (Phi) is 3.24. The van der Waals surface area contributed by atoms with Gasteiger partial charge in [0.2, 0.25) is 5.91 Å². The number of para-hydroxylation sites is 3. The van der Waals surface area contributed by atoms with Gasteiger partial charge in [-0.25, -0.2) is 0 Å². The molecule has 0 saturated carbocycles. The number of hydrogen-bond donors (Lipinski definition) is 0. The topological polar surface area (TPSA) is 46.6 Å². The molecular formula is C18H17NO3. The predicted molar refractivity (Wildman–Crippen MR) is 84.7 cm³/mol. The number of nitrogens with zero attached hydrogens (tertiary/aromatic N) is 1. The first-order chi connectivity index (χ1) is 10.5. The van der Waals surface area contributed by atoms with Crippen LogP contribution in [0, 0.1) is 5.41 Å². The van der Waals surface area contributed by atoms with Gasteiger partial charge in [0.25, 0.3) is 0 Å². The predicted octanol–water partition coefficient (Wildman–Crippen LogP) is 3.58. The highest BCUT2D eigenvalue weighted by Crippen LogP contribution is 2.43. The zero-order valence-electron chi connectivity index (χ0n) is 12.8. The average molecular weight is 295 g/mol. The van der Waals surface area contributed by atoms with Crippen molar-refractivity contribution in [1.82, 2.24) is 0 Å². The quantitative estimate of drug-likeness (QED) is 0.796. The molecule has 0 aliphatic carbocycles. The first-order valence-electron chi connectivity index (χ1n) is 7.10. The molecule has 1 aliphatic heterocycles. The van der Waals surface area contributed by atoms with Gasteiger partial charge in [0.05, 0.1) is 18.5 Å². The molecule has 1 aliphatic rings. The van der Waals surface area contributed by atoms with Gasteiger partial charge in [-0.3, -0.25) is 14.5 Å².